The molecule has 0 aliphatic carbocycles. The van der Waals surface area contributed by atoms with Gasteiger partial charge in [0.25, 0.3) is 5.91 Å². The molecule has 34 heavy (non-hydrogen) atoms. The molecule has 0 bridgehead atoms. The Morgan fingerprint density at radius 2 is 1.79 bits per heavy atom. The number of nitrogens with two attached hydrogens (primary N) is 1. The Balaban J connectivity index is 0.00000204. The summed E-state index contributed by atoms with van der Waals surface area (Å²) in [5.74, 6) is -0.0240. The van der Waals surface area contributed by atoms with E-state index in [0.717, 1.165) is 12.0 Å². The second-order valence-corrected chi connectivity index (χ2v) is 8.18. The standard InChI is InChI=1S/C24H27FN4O3.2ClH/c25-22-6-5-20(32-19-3-1-18(2-4-19)7-10-26)15-21(22)23(30)29-12-8-24(31,9-13-29)16-28-14-11-27-17-28;;/h1-6,11,14-15,17,31H,7-10,12-13,16,26H2;2*1H. The molecule has 0 atom stereocenters. The molecule has 0 radical (unpaired) electrons. The van der Waals surface area contributed by atoms with Gasteiger partial charge in [-0.3, -0.25) is 4.79 Å². The molecular weight excluding hydrogens is 482 g/mol. The van der Waals surface area contributed by atoms with Gasteiger partial charge in [-0.05, 0) is 61.7 Å². The zero-order chi connectivity index (χ0) is 22.6. The highest BCUT2D eigenvalue weighted by molar-refractivity contribution is 5.95. The molecule has 4 rings (SSSR count). The average Bonchev–Trinajstić information content (AvgIpc) is 3.29. The first-order valence-corrected chi connectivity index (χ1v) is 10.7. The Morgan fingerprint density at radius 3 is 2.41 bits per heavy atom. The van der Waals surface area contributed by atoms with Crippen LogP contribution in [0.2, 0.25) is 0 Å². The summed E-state index contributed by atoms with van der Waals surface area (Å²) < 4.78 is 22.1. The molecule has 1 aliphatic rings. The van der Waals surface area contributed by atoms with E-state index in [1.54, 1.807) is 23.6 Å². The highest BCUT2D eigenvalue weighted by Gasteiger charge is 2.35. The van der Waals surface area contributed by atoms with E-state index in [2.05, 4.69) is 4.98 Å². The van der Waals surface area contributed by atoms with Gasteiger partial charge < -0.3 is 25.0 Å². The number of amides is 1. The Bertz CT molecular complexity index is 1060. The fourth-order valence-corrected chi connectivity index (χ4v) is 3.93. The smallest absolute Gasteiger partial charge is 0.256 e. The third kappa shape index (κ3) is 6.70. The number of aromatic nitrogens is 2. The number of rotatable bonds is 7. The van der Waals surface area contributed by atoms with Gasteiger partial charge >= 0.3 is 0 Å². The molecule has 10 heteroatoms. The quantitative estimate of drug-likeness (QED) is 0.503. The van der Waals surface area contributed by atoms with Gasteiger partial charge in [0, 0.05) is 25.5 Å². The van der Waals surface area contributed by atoms with E-state index < -0.39 is 17.3 Å². The van der Waals surface area contributed by atoms with Crippen molar-refractivity contribution in [3.63, 3.8) is 0 Å². The Kier molecular flexibility index (Phi) is 9.88. The van der Waals surface area contributed by atoms with Crippen LogP contribution in [0.25, 0.3) is 0 Å². The summed E-state index contributed by atoms with van der Waals surface area (Å²) in [7, 11) is 0. The van der Waals surface area contributed by atoms with Crippen LogP contribution in [-0.2, 0) is 13.0 Å². The number of carbonyl (C=O) groups is 1. The maximum Gasteiger partial charge on any atom is 0.256 e. The van der Waals surface area contributed by atoms with Crippen LogP contribution in [0, 0.1) is 5.82 Å². The van der Waals surface area contributed by atoms with Crippen molar-refractivity contribution in [2.75, 3.05) is 19.6 Å². The number of nitrogens with zero attached hydrogens (tertiary/aromatic N) is 3. The molecule has 3 N–H and O–H groups in total. The number of imidazole rings is 1. The summed E-state index contributed by atoms with van der Waals surface area (Å²) in [6.45, 7) is 1.67. The van der Waals surface area contributed by atoms with Crippen molar-refractivity contribution in [2.24, 2.45) is 5.73 Å². The Hall–Kier alpha value is -2.65. The lowest BCUT2D eigenvalue weighted by atomic mass is 9.91. The van der Waals surface area contributed by atoms with E-state index in [4.69, 9.17) is 10.5 Å². The van der Waals surface area contributed by atoms with Gasteiger partial charge in [-0.1, -0.05) is 12.1 Å². The first-order chi connectivity index (χ1) is 15.5. The number of aliphatic hydroxyl groups is 1. The van der Waals surface area contributed by atoms with Crippen LogP contribution in [0.3, 0.4) is 0 Å². The molecule has 0 spiro atoms. The van der Waals surface area contributed by atoms with E-state index in [1.807, 2.05) is 28.8 Å². The van der Waals surface area contributed by atoms with Gasteiger partial charge in [-0.2, -0.15) is 0 Å². The number of hydrogen-bond donors (Lipinski definition) is 2. The molecular formula is C24H29Cl2FN4O3. The minimum absolute atomic E-state index is 0. The monoisotopic (exact) mass is 510 g/mol. The minimum atomic E-state index is -0.920. The van der Waals surface area contributed by atoms with Crippen molar-refractivity contribution in [1.29, 1.82) is 0 Å². The van der Waals surface area contributed by atoms with Crippen LogP contribution in [0.5, 0.6) is 11.5 Å². The topological polar surface area (TPSA) is 93.6 Å². The van der Waals surface area contributed by atoms with Crippen LogP contribution in [-0.4, -0.2) is 50.7 Å². The van der Waals surface area contributed by atoms with Crippen molar-refractivity contribution in [1.82, 2.24) is 14.5 Å². The predicted molar refractivity (Wildman–Crippen MR) is 132 cm³/mol. The van der Waals surface area contributed by atoms with Crippen LogP contribution in [0.4, 0.5) is 4.39 Å². The predicted octanol–water partition coefficient (Wildman–Crippen LogP) is 3.83. The molecule has 1 fully saturated rings. The molecule has 184 valence electrons. The second kappa shape index (κ2) is 12.2. The highest BCUT2D eigenvalue weighted by atomic mass is 35.5. The van der Waals surface area contributed by atoms with E-state index in [1.165, 1.54) is 18.2 Å². The molecule has 2 heterocycles. The normalized spacial score (nSPS) is 14.6. The number of halogens is 3. The maximum atomic E-state index is 14.5. The number of carbonyl (C=O) groups excluding carboxylic acids is 1. The van der Waals surface area contributed by atoms with Crippen LogP contribution in [0.1, 0.15) is 28.8 Å². The zero-order valence-corrected chi connectivity index (χ0v) is 20.2. The number of ether oxygens (including phenoxy) is 1. The van der Waals surface area contributed by atoms with Gasteiger partial charge in [0.05, 0.1) is 24.0 Å². The molecule has 3 aromatic rings. The van der Waals surface area contributed by atoms with Gasteiger partial charge in [-0.25, -0.2) is 9.37 Å². The van der Waals surface area contributed by atoms with E-state index in [-0.39, 0.29) is 30.4 Å². The first kappa shape index (κ1) is 27.6. The molecule has 2 aromatic carbocycles. The van der Waals surface area contributed by atoms with Gasteiger partial charge in [0.2, 0.25) is 0 Å². The third-order valence-electron chi connectivity index (χ3n) is 5.78. The number of benzene rings is 2. The summed E-state index contributed by atoms with van der Waals surface area (Å²) in [5, 5.41) is 10.8. The van der Waals surface area contributed by atoms with Crippen molar-refractivity contribution < 1.29 is 19.0 Å². The summed E-state index contributed by atoms with van der Waals surface area (Å²) in [6.07, 6.45) is 6.70. The van der Waals surface area contributed by atoms with Gasteiger partial charge in [-0.15, -0.1) is 24.8 Å². The van der Waals surface area contributed by atoms with Crippen molar-refractivity contribution in [2.45, 2.75) is 31.4 Å². The number of hydrogen-bond acceptors (Lipinski definition) is 5. The lowest BCUT2D eigenvalue weighted by molar-refractivity contribution is -0.0293. The van der Waals surface area contributed by atoms with E-state index >= 15 is 0 Å². The van der Waals surface area contributed by atoms with Crippen LogP contribution < -0.4 is 10.5 Å². The number of piperidine rings is 1. The molecule has 1 aliphatic heterocycles. The summed E-state index contributed by atoms with van der Waals surface area (Å²) in [6, 6.07) is 11.7. The molecule has 0 saturated carbocycles. The summed E-state index contributed by atoms with van der Waals surface area (Å²) >= 11 is 0. The first-order valence-electron chi connectivity index (χ1n) is 10.7. The fraction of sp³-hybridized carbons (Fsp3) is 0.333. The lowest BCUT2D eigenvalue weighted by Crippen LogP contribution is -2.48. The van der Waals surface area contributed by atoms with Gasteiger partial charge in [0.15, 0.2) is 0 Å². The molecule has 7 nitrogen and oxygen atoms in total. The Morgan fingerprint density at radius 1 is 1.12 bits per heavy atom. The zero-order valence-electron chi connectivity index (χ0n) is 18.6. The lowest BCUT2D eigenvalue weighted by Gasteiger charge is -2.38. The molecule has 0 unspecified atom stereocenters. The molecule has 1 saturated heterocycles. The van der Waals surface area contributed by atoms with Crippen molar-refractivity contribution in [3.05, 3.63) is 78.1 Å². The minimum Gasteiger partial charge on any atom is -0.457 e. The van der Waals surface area contributed by atoms with E-state index in [0.29, 0.717) is 50.5 Å². The third-order valence-corrected chi connectivity index (χ3v) is 5.78. The number of likely N-dealkylation sites (tertiary alicyclic amines) is 1. The molecule has 1 aromatic heterocycles. The Labute approximate surface area is 210 Å². The SMILES string of the molecule is Cl.Cl.NCCc1ccc(Oc2ccc(F)c(C(=O)N3CCC(O)(Cn4ccnc4)CC3)c2)cc1. The van der Waals surface area contributed by atoms with Crippen molar-refractivity contribution in [3.8, 4) is 11.5 Å². The summed E-state index contributed by atoms with van der Waals surface area (Å²) in [4.78, 5) is 18.6. The maximum absolute atomic E-state index is 14.5. The van der Waals surface area contributed by atoms with Crippen LogP contribution in [0.15, 0.2) is 61.2 Å². The fourth-order valence-electron chi connectivity index (χ4n) is 3.93. The van der Waals surface area contributed by atoms with Gasteiger partial charge in [0.1, 0.15) is 17.3 Å². The highest BCUT2D eigenvalue weighted by Crippen LogP contribution is 2.28. The summed E-state index contributed by atoms with van der Waals surface area (Å²) in [5.41, 5.74) is 5.71. The largest absolute Gasteiger partial charge is 0.457 e. The van der Waals surface area contributed by atoms with E-state index in [9.17, 15) is 14.3 Å². The molecule has 1 amide bonds. The second-order valence-electron chi connectivity index (χ2n) is 8.18. The van der Waals surface area contributed by atoms with Crippen LogP contribution >= 0.6 is 24.8 Å². The average molecular weight is 511 g/mol. The van der Waals surface area contributed by atoms with Crippen molar-refractivity contribution >= 4 is 30.7 Å².